The first-order valence-corrected chi connectivity index (χ1v) is 9.02. The highest BCUT2D eigenvalue weighted by Gasteiger charge is 2.15. The van der Waals surface area contributed by atoms with Gasteiger partial charge >= 0.3 is 5.97 Å². The van der Waals surface area contributed by atoms with Crippen molar-refractivity contribution in [2.24, 2.45) is 5.10 Å². The minimum atomic E-state index is -0.967. The Kier molecular flexibility index (Phi) is 6.82. The van der Waals surface area contributed by atoms with Crippen molar-refractivity contribution >= 4 is 23.3 Å². The van der Waals surface area contributed by atoms with Gasteiger partial charge in [0.15, 0.2) is 0 Å². The smallest absolute Gasteiger partial charge is 0.303 e. The third-order valence-corrected chi connectivity index (χ3v) is 4.29. The van der Waals surface area contributed by atoms with Gasteiger partial charge in [0.25, 0.3) is 11.6 Å². The van der Waals surface area contributed by atoms with Crippen molar-refractivity contribution in [3.63, 3.8) is 0 Å². The minimum Gasteiger partial charge on any atom is -0.481 e. The molecule has 2 N–H and O–H groups in total. The number of hydrogen-bond donors (Lipinski definition) is 2. The Morgan fingerprint density at radius 2 is 1.55 bits per heavy atom. The molecule has 29 heavy (non-hydrogen) atoms. The number of rotatable bonds is 7. The summed E-state index contributed by atoms with van der Waals surface area (Å²) < 4.78 is 0. The second-order valence-electron chi connectivity index (χ2n) is 7.52. The first-order chi connectivity index (χ1) is 13.6. The normalized spacial score (nSPS) is 11.8. The average molecular weight is 397 g/mol. The molecule has 2 aromatic carbocycles. The summed E-state index contributed by atoms with van der Waals surface area (Å²) in [6.07, 6.45) is 0.0119. The summed E-state index contributed by atoms with van der Waals surface area (Å²) in [4.78, 5) is 33.4. The highest BCUT2D eigenvalue weighted by molar-refractivity contribution is 6.03. The quantitative estimate of drug-likeness (QED) is 0.417. The van der Waals surface area contributed by atoms with Gasteiger partial charge in [-0.15, -0.1) is 0 Å². The zero-order valence-corrected chi connectivity index (χ0v) is 16.5. The molecule has 0 unspecified atom stereocenters. The summed E-state index contributed by atoms with van der Waals surface area (Å²) >= 11 is 0. The van der Waals surface area contributed by atoms with Crippen LogP contribution in [0.25, 0.3) is 0 Å². The zero-order chi connectivity index (χ0) is 21.6. The molecule has 0 bridgehead atoms. The number of carboxylic acids is 1. The predicted octanol–water partition coefficient (Wildman–Crippen LogP) is 3.89. The standard InChI is InChI=1S/C21H23N3O5/c1-21(2,3)16-8-4-14(5-9-16)18(12-13-19(25)26)22-23-20(27)15-6-10-17(11-7-15)24(28)29/h4-11H,12-13H2,1-3H3,(H,23,27)(H,25,26)/b22-18+. The van der Waals surface area contributed by atoms with Gasteiger partial charge in [-0.3, -0.25) is 19.7 Å². The Morgan fingerprint density at radius 1 is 1.00 bits per heavy atom. The summed E-state index contributed by atoms with van der Waals surface area (Å²) in [5, 5.41) is 23.8. The Morgan fingerprint density at radius 3 is 2.03 bits per heavy atom. The maximum Gasteiger partial charge on any atom is 0.303 e. The van der Waals surface area contributed by atoms with Gasteiger partial charge in [-0.05, 0) is 28.7 Å². The molecule has 0 aliphatic carbocycles. The van der Waals surface area contributed by atoms with Crippen LogP contribution in [0.2, 0.25) is 0 Å². The summed E-state index contributed by atoms with van der Waals surface area (Å²) in [6, 6.07) is 12.7. The van der Waals surface area contributed by atoms with Crippen molar-refractivity contribution in [2.45, 2.75) is 39.0 Å². The fourth-order valence-corrected chi connectivity index (χ4v) is 2.57. The number of carbonyl (C=O) groups excluding carboxylic acids is 1. The van der Waals surface area contributed by atoms with Crippen LogP contribution in [-0.4, -0.2) is 27.6 Å². The number of aliphatic carboxylic acids is 1. The Bertz CT molecular complexity index is 926. The van der Waals surface area contributed by atoms with E-state index in [1.54, 1.807) is 0 Å². The van der Waals surface area contributed by atoms with Crippen LogP contribution in [0.15, 0.2) is 53.6 Å². The summed E-state index contributed by atoms with van der Waals surface area (Å²) in [6.45, 7) is 6.27. The highest BCUT2D eigenvalue weighted by Crippen LogP contribution is 2.22. The predicted molar refractivity (Wildman–Crippen MR) is 109 cm³/mol. The van der Waals surface area contributed by atoms with E-state index in [1.807, 2.05) is 24.3 Å². The van der Waals surface area contributed by atoms with E-state index in [2.05, 4.69) is 31.3 Å². The third-order valence-electron chi connectivity index (χ3n) is 4.29. The van der Waals surface area contributed by atoms with E-state index in [0.717, 1.165) is 5.56 Å². The third kappa shape index (κ3) is 6.24. The van der Waals surface area contributed by atoms with Gasteiger partial charge in [0, 0.05) is 24.1 Å². The largest absolute Gasteiger partial charge is 0.481 e. The lowest BCUT2D eigenvalue weighted by atomic mass is 9.86. The summed E-state index contributed by atoms with van der Waals surface area (Å²) in [5.41, 5.74) is 4.73. The summed E-state index contributed by atoms with van der Waals surface area (Å²) in [5.74, 6) is -1.51. The Labute approximate surface area is 168 Å². The molecule has 152 valence electrons. The minimum absolute atomic E-state index is 0.0267. The van der Waals surface area contributed by atoms with E-state index >= 15 is 0 Å². The van der Waals surface area contributed by atoms with Crippen LogP contribution in [0.5, 0.6) is 0 Å². The summed E-state index contributed by atoms with van der Waals surface area (Å²) in [7, 11) is 0. The number of hydrazone groups is 1. The van der Waals surface area contributed by atoms with Crippen LogP contribution >= 0.6 is 0 Å². The maximum absolute atomic E-state index is 12.3. The van der Waals surface area contributed by atoms with Crippen LogP contribution in [0.1, 0.15) is 55.1 Å². The lowest BCUT2D eigenvalue weighted by Crippen LogP contribution is -2.20. The second-order valence-corrected chi connectivity index (χ2v) is 7.52. The number of carbonyl (C=O) groups is 2. The molecule has 2 aromatic rings. The van der Waals surface area contributed by atoms with Crippen molar-refractivity contribution < 1.29 is 19.6 Å². The second kappa shape index (κ2) is 9.09. The van der Waals surface area contributed by atoms with Gasteiger partial charge < -0.3 is 5.11 Å². The molecular weight excluding hydrogens is 374 g/mol. The van der Waals surface area contributed by atoms with E-state index in [4.69, 9.17) is 5.11 Å². The van der Waals surface area contributed by atoms with Crippen molar-refractivity contribution in [3.8, 4) is 0 Å². The van der Waals surface area contributed by atoms with Crippen LogP contribution < -0.4 is 5.43 Å². The lowest BCUT2D eigenvalue weighted by Gasteiger charge is -2.19. The molecular formula is C21H23N3O5. The van der Waals surface area contributed by atoms with Gasteiger partial charge in [-0.1, -0.05) is 45.0 Å². The molecule has 0 aliphatic heterocycles. The molecule has 0 saturated carbocycles. The van der Waals surface area contributed by atoms with Crippen LogP contribution in [0, 0.1) is 10.1 Å². The topological polar surface area (TPSA) is 122 Å². The van der Waals surface area contributed by atoms with E-state index in [-0.39, 0.29) is 29.5 Å². The van der Waals surface area contributed by atoms with Gasteiger partial charge in [0.2, 0.25) is 0 Å². The molecule has 2 rings (SSSR count). The number of amides is 1. The fraction of sp³-hybridized carbons (Fsp3) is 0.286. The number of carboxylic acid groups (broad SMARTS) is 1. The molecule has 8 heteroatoms. The number of nitrogens with one attached hydrogen (secondary N) is 1. The number of nitro groups is 1. The molecule has 0 atom stereocenters. The lowest BCUT2D eigenvalue weighted by molar-refractivity contribution is -0.384. The zero-order valence-electron chi connectivity index (χ0n) is 16.5. The molecule has 0 fully saturated rings. The molecule has 0 aliphatic rings. The molecule has 0 radical (unpaired) electrons. The van der Waals surface area contributed by atoms with Gasteiger partial charge in [-0.25, -0.2) is 5.43 Å². The number of nitrogens with zero attached hydrogens (tertiary/aromatic N) is 2. The molecule has 0 aromatic heterocycles. The highest BCUT2D eigenvalue weighted by atomic mass is 16.6. The number of benzene rings is 2. The van der Waals surface area contributed by atoms with E-state index in [9.17, 15) is 19.7 Å². The number of non-ortho nitro benzene ring substituents is 1. The molecule has 1 amide bonds. The van der Waals surface area contributed by atoms with Crippen molar-refractivity contribution in [1.82, 2.24) is 5.43 Å². The monoisotopic (exact) mass is 397 g/mol. The molecule has 0 spiro atoms. The van der Waals surface area contributed by atoms with Crippen molar-refractivity contribution in [2.75, 3.05) is 0 Å². The van der Waals surface area contributed by atoms with Crippen molar-refractivity contribution in [3.05, 3.63) is 75.3 Å². The first-order valence-electron chi connectivity index (χ1n) is 9.02. The van der Waals surface area contributed by atoms with Crippen molar-refractivity contribution in [1.29, 1.82) is 0 Å². The Hall–Kier alpha value is -3.55. The molecule has 0 saturated heterocycles. The average Bonchev–Trinajstić information content (AvgIpc) is 2.67. The van der Waals surface area contributed by atoms with E-state index in [0.29, 0.717) is 11.3 Å². The van der Waals surface area contributed by atoms with Gasteiger partial charge in [0.1, 0.15) is 0 Å². The van der Waals surface area contributed by atoms with Crippen LogP contribution in [-0.2, 0) is 10.2 Å². The SMILES string of the molecule is CC(C)(C)c1ccc(/C(CCC(=O)O)=N/NC(=O)c2ccc([N+](=O)[O-])cc2)cc1. The van der Waals surface area contributed by atoms with E-state index in [1.165, 1.54) is 24.3 Å². The first kappa shape index (κ1) is 21.7. The molecule has 0 heterocycles. The molecule has 8 nitrogen and oxygen atoms in total. The Balaban J connectivity index is 2.22. The van der Waals surface area contributed by atoms with Gasteiger partial charge in [0.05, 0.1) is 17.1 Å². The fourth-order valence-electron chi connectivity index (χ4n) is 2.57. The number of nitro benzene ring substituents is 1. The number of hydrogen-bond acceptors (Lipinski definition) is 5. The van der Waals surface area contributed by atoms with Gasteiger partial charge in [-0.2, -0.15) is 5.10 Å². The maximum atomic E-state index is 12.3. The van der Waals surface area contributed by atoms with Crippen LogP contribution in [0.3, 0.4) is 0 Å². The van der Waals surface area contributed by atoms with Crippen LogP contribution in [0.4, 0.5) is 5.69 Å². The van der Waals surface area contributed by atoms with E-state index < -0.39 is 16.8 Å².